The number of hydrogen-bond acceptors (Lipinski definition) is 2. The van der Waals surface area contributed by atoms with Crippen molar-refractivity contribution < 1.29 is 5.11 Å². The van der Waals surface area contributed by atoms with Gasteiger partial charge in [-0.1, -0.05) is 33.6 Å². The number of likely N-dealkylation sites (N-methyl/N-ethyl adjacent to an activating group) is 1. The normalized spacial score (nSPS) is 12.9. The van der Waals surface area contributed by atoms with Crippen molar-refractivity contribution in [3.05, 3.63) is 33.3 Å². The fraction of sp³-hybridized carbons (Fsp3) is 0.455. The first-order valence-electron chi connectivity index (χ1n) is 4.65. The lowest BCUT2D eigenvalue weighted by molar-refractivity contribution is 0.177. The third-order valence-corrected chi connectivity index (χ3v) is 3.27. The molecule has 1 unspecified atom stereocenters. The number of benzene rings is 1. The van der Waals surface area contributed by atoms with E-state index in [0.717, 1.165) is 15.6 Å². The minimum absolute atomic E-state index is 0.451. The fourth-order valence-electron chi connectivity index (χ4n) is 1.53. The summed E-state index contributed by atoms with van der Waals surface area (Å²) in [4.78, 5) is 0. The first kappa shape index (κ1) is 11.7. The van der Waals surface area contributed by atoms with Gasteiger partial charge in [0, 0.05) is 11.0 Å². The van der Waals surface area contributed by atoms with Crippen LogP contribution in [0.5, 0.6) is 0 Å². The number of rotatable bonds is 3. The molecule has 0 aliphatic heterocycles. The molecule has 0 fully saturated rings. The summed E-state index contributed by atoms with van der Waals surface area (Å²) in [6.45, 7) is 4.64. The highest BCUT2D eigenvalue weighted by atomic mass is 79.9. The Morgan fingerprint density at radius 1 is 1.43 bits per heavy atom. The molecule has 78 valence electrons. The quantitative estimate of drug-likeness (QED) is 0.872. The van der Waals surface area contributed by atoms with Crippen LogP contribution < -0.4 is 5.32 Å². The smallest absolute Gasteiger partial charge is 0.0925 e. The van der Waals surface area contributed by atoms with Crippen molar-refractivity contribution in [2.75, 3.05) is 13.6 Å². The van der Waals surface area contributed by atoms with E-state index in [0.29, 0.717) is 6.54 Å². The van der Waals surface area contributed by atoms with Gasteiger partial charge in [0.1, 0.15) is 0 Å². The summed E-state index contributed by atoms with van der Waals surface area (Å²) in [5.41, 5.74) is 3.29. The summed E-state index contributed by atoms with van der Waals surface area (Å²) < 4.78 is 1.01. The molecular weight excluding hydrogens is 242 g/mol. The zero-order valence-electron chi connectivity index (χ0n) is 8.76. The van der Waals surface area contributed by atoms with Crippen molar-refractivity contribution in [1.29, 1.82) is 0 Å². The van der Waals surface area contributed by atoms with Crippen molar-refractivity contribution in [3.63, 3.8) is 0 Å². The van der Waals surface area contributed by atoms with Gasteiger partial charge in [-0.05, 0) is 32.0 Å². The van der Waals surface area contributed by atoms with Gasteiger partial charge in [-0.3, -0.25) is 0 Å². The lowest BCUT2D eigenvalue weighted by atomic mass is 10.0. The van der Waals surface area contributed by atoms with E-state index in [2.05, 4.69) is 27.3 Å². The van der Waals surface area contributed by atoms with E-state index >= 15 is 0 Å². The van der Waals surface area contributed by atoms with Crippen LogP contribution in [0, 0.1) is 13.8 Å². The van der Waals surface area contributed by atoms with Crippen LogP contribution in [-0.4, -0.2) is 18.7 Å². The van der Waals surface area contributed by atoms with Crippen molar-refractivity contribution >= 4 is 15.9 Å². The van der Waals surface area contributed by atoms with Crippen LogP contribution in [0.4, 0.5) is 0 Å². The predicted molar refractivity (Wildman–Crippen MR) is 62.5 cm³/mol. The molecule has 14 heavy (non-hydrogen) atoms. The van der Waals surface area contributed by atoms with Crippen LogP contribution in [0.1, 0.15) is 22.8 Å². The third kappa shape index (κ3) is 2.56. The van der Waals surface area contributed by atoms with Gasteiger partial charge in [0.05, 0.1) is 6.10 Å². The SMILES string of the molecule is CNCC(O)c1cc(C)cc(C)c1Br. The number of aliphatic hydroxyl groups is 1. The standard InChI is InChI=1S/C11H16BrNO/c1-7-4-8(2)11(12)9(5-7)10(14)6-13-3/h4-5,10,13-14H,6H2,1-3H3. The van der Waals surface area contributed by atoms with Crippen molar-refractivity contribution in [2.45, 2.75) is 20.0 Å². The first-order valence-corrected chi connectivity index (χ1v) is 5.45. The zero-order valence-corrected chi connectivity index (χ0v) is 10.4. The Bertz CT molecular complexity index is 325. The average molecular weight is 258 g/mol. The van der Waals surface area contributed by atoms with Crippen molar-refractivity contribution in [2.24, 2.45) is 0 Å². The van der Waals surface area contributed by atoms with Gasteiger partial charge in [-0.15, -0.1) is 0 Å². The highest BCUT2D eigenvalue weighted by molar-refractivity contribution is 9.10. The molecule has 0 aliphatic carbocycles. The molecule has 0 saturated heterocycles. The lowest BCUT2D eigenvalue weighted by Crippen LogP contribution is -2.17. The molecule has 1 atom stereocenters. The molecular formula is C11H16BrNO. The predicted octanol–water partition coefficient (Wildman–Crippen LogP) is 2.32. The van der Waals surface area contributed by atoms with Crippen LogP contribution in [0.25, 0.3) is 0 Å². The van der Waals surface area contributed by atoms with E-state index in [9.17, 15) is 5.11 Å². The van der Waals surface area contributed by atoms with E-state index in [4.69, 9.17) is 0 Å². The molecule has 1 aromatic rings. The maximum atomic E-state index is 9.86. The summed E-state index contributed by atoms with van der Waals surface area (Å²) in [5.74, 6) is 0. The number of aliphatic hydroxyl groups excluding tert-OH is 1. The van der Waals surface area contributed by atoms with Gasteiger partial charge in [0.15, 0.2) is 0 Å². The Morgan fingerprint density at radius 3 is 2.64 bits per heavy atom. The number of aryl methyl sites for hydroxylation is 2. The Hall–Kier alpha value is -0.380. The third-order valence-electron chi connectivity index (χ3n) is 2.18. The monoisotopic (exact) mass is 257 g/mol. The maximum Gasteiger partial charge on any atom is 0.0925 e. The molecule has 0 bridgehead atoms. The van der Waals surface area contributed by atoms with Crippen LogP contribution >= 0.6 is 15.9 Å². The van der Waals surface area contributed by atoms with Gasteiger partial charge in [-0.2, -0.15) is 0 Å². The zero-order chi connectivity index (χ0) is 10.7. The number of halogens is 1. The highest BCUT2D eigenvalue weighted by Crippen LogP contribution is 2.27. The summed E-state index contributed by atoms with van der Waals surface area (Å²) in [7, 11) is 1.83. The molecule has 1 rings (SSSR count). The van der Waals surface area contributed by atoms with E-state index < -0.39 is 6.10 Å². The molecule has 1 aromatic carbocycles. The lowest BCUT2D eigenvalue weighted by Gasteiger charge is -2.14. The second-order valence-electron chi connectivity index (χ2n) is 3.56. The van der Waals surface area contributed by atoms with Crippen molar-refractivity contribution in [3.8, 4) is 0 Å². The number of nitrogens with one attached hydrogen (secondary N) is 1. The van der Waals surface area contributed by atoms with E-state index in [1.807, 2.05) is 27.0 Å². The van der Waals surface area contributed by atoms with Crippen LogP contribution in [0.3, 0.4) is 0 Å². The van der Waals surface area contributed by atoms with Crippen LogP contribution in [0.2, 0.25) is 0 Å². The van der Waals surface area contributed by atoms with Gasteiger partial charge >= 0.3 is 0 Å². The largest absolute Gasteiger partial charge is 0.387 e. The second-order valence-corrected chi connectivity index (χ2v) is 4.35. The van der Waals surface area contributed by atoms with E-state index in [1.54, 1.807) is 0 Å². The molecule has 2 nitrogen and oxygen atoms in total. The summed E-state index contributed by atoms with van der Waals surface area (Å²) in [5, 5.41) is 12.8. The Balaban J connectivity index is 3.07. The minimum atomic E-state index is -0.451. The van der Waals surface area contributed by atoms with Gasteiger partial charge < -0.3 is 10.4 Å². The average Bonchev–Trinajstić information content (AvgIpc) is 2.11. The van der Waals surface area contributed by atoms with Crippen LogP contribution in [-0.2, 0) is 0 Å². The molecule has 0 saturated carbocycles. The molecule has 0 radical (unpaired) electrons. The summed E-state index contributed by atoms with van der Waals surface area (Å²) in [6.07, 6.45) is -0.451. The van der Waals surface area contributed by atoms with Crippen LogP contribution in [0.15, 0.2) is 16.6 Å². The Morgan fingerprint density at radius 2 is 2.07 bits per heavy atom. The first-order chi connectivity index (χ1) is 6.56. The molecule has 0 heterocycles. The van der Waals surface area contributed by atoms with Gasteiger partial charge in [-0.25, -0.2) is 0 Å². The molecule has 3 heteroatoms. The van der Waals surface area contributed by atoms with Crippen molar-refractivity contribution in [1.82, 2.24) is 5.32 Å². The number of hydrogen-bond donors (Lipinski definition) is 2. The topological polar surface area (TPSA) is 32.3 Å². The maximum absolute atomic E-state index is 9.86. The molecule has 0 spiro atoms. The van der Waals surface area contributed by atoms with Gasteiger partial charge in [0.25, 0.3) is 0 Å². The van der Waals surface area contributed by atoms with E-state index in [1.165, 1.54) is 5.56 Å². The Kier molecular flexibility index (Phi) is 4.11. The summed E-state index contributed by atoms with van der Waals surface area (Å²) >= 11 is 3.50. The molecule has 0 amide bonds. The van der Waals surface area contributed by atoms with Gasteiger partial charge in [0.2, 0.25) is 0 Å². The molecule has 2 N–H and O–H groups in total. The summed E-state index contributed by atoms with van der Waals surface area (Å²) in [6, 6.07) is 4.11. The molecule has 0 aromatic heterocycles. The highest BCUT2D eigenvalue weighted by Gasteiger charge is 2.12. The fourth-order valence-corrected chi connectivity index (χ4v) is 2.02. The Labute approximate surface area is 93.5 Å². The molecule has 0 aliphatic rings. The minimum Gasteiger partial charge on any atom is -0.387 e. The van der Waals surface area contributed by atoms with E-state index in [-0.39, 0.29) is 0 Å². The second kappa shape index (κ2) is 4.91.